The fourth-order valence-electron chi connectivity index (χ4n) is 1.74. The summed E-state index contributed by atoms with van der Waals surface area (Å²) in [7, 11) is 2.05. The maximum atomic E-state index is 5.90. The van der Waals surface area contributed by atoms with Gasteiger partial charge in [-0.2, -0.15) is 11.8 Å². The van der Waals surface area contributed by atoms with Crippen LogP contribution in [0.1, 0.15) is 25.7 Å². The number of thioether (sulfide) groups is 1. The van der Waals surface area contributed by atoms with E-state index in [9.17, 15) is 0 Å². The Morgan fingerprint density at radius 2 is 2.20 bits per heavy atom. The topological polar surface area (TPSA) is 41.6 Å². The Bertz CT molecular complexity index is 225. The molecule has 88 valence electrons. The van der Waals surface area contributed by atoms with Crippen LogP contribution in [0.5, 0.6) is 0 Å². The van der Waals surface area contributed by atoms with Crippen LogP contribution in [0, 0.1) is 0 Å². The standard InChI is InChI=1S/C10H19N3S.HI/c1-13(8-4-5-8)10(11)12-7-9-3-2-6-14-9;/h8-9H,2-7H2,1H3,(H2,11,12);1H. The number of halogens is 1. The van der Waals surface area contributed by atoms with Gasteiger partial charge in [-0.25, -0.2) is 0 Å². The molecule has 1 saturated heterocycles. The first kappa shape index (κ1) is 13.4. The molecule has 0 aromatic carbocycles. The molecule has 2 N–H and O–H groups in total. The molecule has 0 aromatic heterocycles. The SMILES string of the molecule is CN(C(N)=NCC1CCCS1)C1CC1.I. The van der Waals surface area contributed by atoms with Crippen molar-refractivity contribution in [1.82, 2.24) is 4.90 Å². The van der Waals surface area contributed by atoms with E-state index in [4.69, 9.17) is 5.73 Å². The van der Waals surface area contributed by atoms with E-state index in [1.165, 1.54) is 31.4 Å². The van der Waals surface area contributed by atoms with Gasteiger partial charge in [-0.15, -0.1) is 24.0 Å². The van der Waals surface area contributed by atoms with E-state index in [-0.39, 0.29) is 24.0 Å². The lowest BCUT2D eigenvalue weighted by Gasteiger charge is -2.17. The van der Waals surface area contributed by atoms with Crippen molar-refractivity contribution in [2.24, 2.45) is 10.7 Å². The van der Waals surface area contributed by atoms with Crippen LogP contribution in [0.4, 0.5) is 0 Å². The summed E-state index contributed by atoms with van der Waals surface area (Å²) in [5, 5.41) is 0.723. The molecule has 0 spiro atoms. The summed E-state index contributed by atoms with van der Waals surface area (Å²) in [6, 6.07) is 0.676. The summed E-state index contributed by atoms with van der Waals surface area (Å²) in [6.45, 7) is 0.910. The van der Waals surface area contributed by atoms with Crippen LogP contribution < -0.4 is 5.73 Å². The molecular weight excluding hydrogens is 321 g/mol. The molecule has 1 heterocycles. The van der Waals surface area contributed by atoms with Crippen molar-refractivity contribution in [2.45, 2.75) is 37.0 Å². The summed E-state index contributed by atoms with van der Waals surface area (Å²) in [4.78, 5) is 6.59. The van der Waals surface area contributed by atoms with Gasteiger partial charge in [0.05, 0.1) is 6.54 Å². The molecule has 1 saturated carbocycles. The van der Waals surface area contributed by atoms with E-state index >= 15 is 0 Å². The molecule has 1 aliphatic heterocycles. The molecule has 1 atom stereocenters. The molecule has 5 heteroatoms. The Morgan fingerprint density at radius 1 is 1.47 bits per heavy atom. The van der Waals surface area contributed by atoms with Gasteiger partial charge < -0.3 is 10.6 Å². The van der Waals surface area contributed by atoms with Crippen molar-refractivity contribution < 1.29 is 0 Å². The third-order valence-electron chi connectivity index (χ3n) is 2.94. The molecule has 0 aromatic rings. The molecule has 2 fully saturated rings. The second-order valence-electron chi connectivity index (χ2n) is 4.18. The van der Waals surface area contributed by atoms with Gasteiger partial charge in [0.1, 0.15) is 0 Å². The van der Waals surface area contributed by atoms with Crippen LogP contribution in [-0.2, 0) is 0 Å². The van der Waals surface area contributed by atoms with Gasteiger partial charge >= 0.3 is 0 Å². The van der Waals surface area contributed by atoms with E-state index in [1.54, 1.807) is 0 Å². The van der Waals surface area contributed by atoms with Crippen LogP contribution in [0.2, 0.25) is 0 Å². The van der Waals surface area contributed by atoms with E-state index in [0.717, 1.165) is 17.8 Å². The molecule has 2 rings (SSSR count). The molecule has 1 unspecified atom stereocenters. The fourth-order valence-corrected chi connectivity index (χ4v) is 2.92. The van der Waals surface area contributed by atoms with Crippen LogP contribution in [-0.4, -0.2) is 41.5 Å². The highest BCUT2D eigenvalue weighted by Gasteiger charge is 2.27. The van der Waals surface area contributed by atoms with Gasteiger partial charge in [-0.3, -0.25) is 4.99 Å². The van der Waals surface area contributed by atoms with Crippen molar-refractivity contribution in [2.75, 3.05) is 19.3 Å². The van der Waals surface area contributed by atoms with Crippen molar-refractivity contribution in [3.05, 3.63) is 0 Å². The van der Waals surface area contributed by atoms with Gasteiger partial charge in [0.15, 0.2) is 5.96 Å². The minimum Gasteiger partial charge on any atom is -0.370 e. The highest BCUT2D eigenvalue weighted by molar-refractivity contribution is 14.0. The van der Waals surface area contributed by atoms with Crippen LogP contribution >= 0.6 is 35.7 Å². The monoisotopic (exact) mass is 341 g/mol. The van der Waals surface area contributed by atoms with Gasteiger partial charge in [-0.05, 0) is 31.4 Å². The quantitative estimate of drug-likeness (QED) is 0.484. The van der Waals surface area contributed by atoms with Gasteiger partial charge in [0.25, 0.3) is 0 Å². The number of hydrogen-bond donors (Lipinski definition) is 1. The molecule has 0 amide bonds. The Balaban J connectivity index is 0.00000112. The van der Waals surface area contributed by atoms with E-state index in [0.29, 0.717) is 6.04 Å². The highest BCUT2D eigenvalue weighted by atomic mass is 127. The van der Waals surface area contributed by atoms with Crippen LogP contribution in [0.15, 0.2) is 4.99 Å². The number of aliphatic imine (C=N–C) groups is 1. The number of guanidine groups is 1. The minimum absolute atomic E-state index is 0. The van der Waals surface area contributed by atoms with Crippen LogP contribution in [0.25, 0.3) is 0 Å². The molecule has 15 heavy (non-hydrogen) atoms. The second kappa shape index (κ2) is 6.18. The molecule has 0 radical (unpaired) electrons. The zero-order valence-electron chi connectivity index (χ0n) is 9.19. The number of hydrogen-bond acceptors (Lipinski definition) is 2. The zero-order valence-corrected chi connectivity index (χ0v) is 12.3. The summed E-state index contributed by atoms with van der Waals surface area (Å²) < 4.78 is 0. The average Bonchev–Trinajstić information content (AvgIpc) is 2.91. The van der Waals surface area contributed by atoms with Crippen molar-refractivity contribution in [1.29, 1.82) is 0 Å². The van der Waals surface area contributed by atoms with E-state index in [2.05, 4.69) is 16.9 Å². The average molecular weight is 341 g/mol. The fraction of sp³-hybridized carbons (Fsp3) is 0.900. The summed E-state index contributed by atoms with van der Waals surface area (Å²) in [5.41, 5.74) is 5.90. The van der Waals surface area contributed by atoms with E-state index in [1.807, 2.05) is 11.8 Å². The smallest absolute Gasteiger partial charge is 0.191 e. The van der Waals surface area contributed by atoms with Gasteiger partial charge in [0, 0.05) is 18.3 Å². The largest absolute Gasteiger partial charge is 0.370 e. The molecule has 2 aliphatic rings. The Morgan fingerprint density at radius 3 is 2.73 bits per heavy atom. The molecule has 0 bridgehead atoms. The van der Waals surface area contributed by atoms with Crippen molar-refractivity contribution in [3.63, 3.8) is 0 Å². The predicted octanol–water partition coefficient (Wildman–Crippen LogP) is 1.91. The number of nitrogens with two attached hydrogens (primary N) is 1. The second-order valence-corrected chi connectivity index (χ2v) is 5.58. The third kappa shape index (κ3) is 4.01. The normalized spacial score (nSPS) is 26.2. The van der Waals surface area contributed by atoms with E-state index < -0.39 is 0 Å². The number of nitrogens with zero attached hydrogens (tertiary/aromatic N) is 2. The maximum Gasteiger partial charge on any atom is 0.191 e. The number of rotatable bonds is 3. The first-order chi connectivity index (χ1) is 6.77. The molecule has 1 aliphatic carbocycles. The summed E-state index contributed by atoms with van der Waals surface area (Å²) in [6.07, 6.45) is 5.23. The lowest BCUT2D eigenvalue weighted by atomic mass is 10.2. The Labute approximate surface area is 113 Å². The Kier molecular flexibility index (Phi) is 5.52. The summed E-state index contributed by atoms with van der Waals surface area (Å²) >= 11 is 2.04. The molecule has 3 nitrogen and oxygen atoms in total. The first-order valence-corrected chi connectivity index (χ1v) is 6.46. The lowest BCUT2D eigenvalue weighted by Crippen LogP contribution is -2.36. The predicted molar refractivity (Wildman–Crippen MR) is 78.2 cm³/mol. The maximum absolute atomic E-state index is 5.90. The summed E-state index contributed by atoms with van der Waals surface area (Å²) in [5.74, 6) is 2.04. The van der Waals surface area contributed by atoms with Crippen LogP contribution in [0.3, 0.4) is 0 Å². The Hall–Kier alpha value is 0.350. The highest BCUT2D eigenvalue weighted by Crippen LogP contribution is 2.27. The first-order valence-electron chi connectivity index (χ1n) is 5.41. The van der Waals surface area contributed by atoms with Gasteiger partial charge in [-0.1, -0.05) is 0 Å². The lowest BCUT2D eigenvalue weighted by molar-refractivity contribution is 0.487. The minimum atomic E-state index is 0. The van der Waals surface area contributed by atoms with Gasteiger partial charge in [0.2, 0.25) is 0 Å². The molecular formula is C10H20IN3S. The third-order valence-corrected chi connectivity index (χ3v) is 4.32. The van der Waals surface area contributed by atoms with Crippen molar-refractivity contribution in [3.8, 4) is 0 Å². The zero-order chi connectivity index (χ0) is 9.97. The van der Waals surface area contributed by atoms with Crippen molar-refractivity contribution >= 4 is 41.7 Å².